The second-order valence-electron chi connectivity index (χ2n) is 5.47. The van der Waals surface area contributed by atoms with Crippen molar-refractivity contribution < 1.29 is 4.79 Å². The molecule has 0 radical (unpaired) electrons. The molecule has 0 bridgehead atoms. The third-order valence-corrected chi connectivity index (χ3v) is 3.25. The van der Waals surface area contributed by atoms with Crippen molar-refractivity contribution in [2.75, 3.05) is 13.1 Å². The van der Waals surface area contributed by atoms with Crippen molar-refractivity contribution in [3.63, 3.8) is 0 Å². The molecular formula is C13H19ClN6O. The molecule has 21 heavy (non-hydrogen) atoms. The van der Waals surface area contributed by atoms with Crippen LogP contribution in [-0.2, 0) is 18.4 Å². The molecule has 0 saturated carbocycles. The number of nitrogens with zero attached hydrogens (tertiary/aromatic N) is 5. The molecule has 0 unspecified atom stereocenters. The number of rotatable bonds is 6. The molecule has 0 spiro atoms. The number of primary amides is 1. The Morgan fingerprint density at radius 2 is 2.19 bits per heavy atom. The average molecular weight is 311 g/mol. The Balaban J connectivity index is 2.27. The molecule has 114 valence electrons. The van der Waals surface area contributed by atoms with Crippen molar-refractivity contribution in [2.24, 2.45) is 18.7 Å². The van der Waals surface area contributed by atoms with Gasteiger partial charge in [0.2, 0.25) is 5.91 Å². The van der Waals surface area contributed by atoms with Crippen molar-refractivity contribution in [2.45, 2.75) is 20.4 Å². The van der Waals surface area contributed by atoms with Crippen LogP contribution in [-0.4, -0.2) is 43.6 Å². The normalized spacial score (nSPS) is 11.7. The molecule has 2 heterocycles. The van der Waals surface area contributed by atoms with E-state index in [1.54, 1.807) is 17.9 Å². The van der Waals surface area contributed by atoms with Crippen molar-refractivity contribution in [1.29, 1.82) is 0 Å². The van der Waals surface area contributed by atoms with Gasteiger partial charge < -0.3 is 5.73 Å². The van der Waals surface area contributed by atoms with Crippen molar-refractivity contribution in [3.8, 4) is 0 Å². The number of carbonyl (C=O) groups is 1. The van der Waals surface area contributed by atoms with Gasteiger partial charge >= 0.3 is 0 Å². The van der Waals surface area contributed by atoms with Crippen LogP contribution in [0.3, 0.4) is 0 Å². The maximum Gasteiger partial charge on any atom is 0.231 e. The first-order valence-electron chi connectivity index (χ1n) is 6.71. The summed E-state index contributed by atoms with van der Waals surface area (Å²) >= 11 is 6.16. The molecule has 0 aliphatic carbocycles. The third-order valence-electron chi connectivity index (χ3n) is 2.96. The van der Waals surface area contributed by atoms with Crippen LogP contribution in [0.25, 0.3) is 11.0 Å². The smallest absolute Gasteiger partial charge is 0.231 e. The quantitative estimate of drug-likeness (QED) is 0.803. The maximum atomic E-state index is 11.2. The van der Waals surface area contributed by atoms with Gasteiger partial charge in [0.15, 0.2) is 5.65 Å². The highest BCUT2D eigenvalue weighted by atomic mass is 35.5. The number of halogens is 1. The number of hydrogen-bond donors (Lipinski definition) is 1. The standard InChI is InChI=1S/C13H19ClN6O/c1-8(2)5-20(6-10(15)21)7-11-17-12(14)9-4-16-19(3)13(9)18-11/h4,8H,5-7H2,1-3H3,(H2,15,21). The van der Waals surface area contributed by atoms with Gasteiger partial charge in [-0.05, 0) is 5.92 Å². The first-order chi connectivity index (χ1) is 9.86. The molecule has 0 aliphatic rings. The first-order valence-corrected chi connectivity index (χ1v) is 7.09. The van der Waals surface area contributed by atoms with Crippen LogP contribution in [0.15, 0.2) is 6.20 Å². The van der Waals surface area contributed by atoms with E-state index in [4.69, 9.17) is 17.3 Å². The summed E-state index contributed by atoms with van der Waals surface area (Å²) in [5, 5.41) is 5.20. The van der Waals surface area contributed by atoms with Crippen LogP contribution in [0.5, 0.6) is 0 Å². The third kappa shape index (κ3) is 3.89. The molecule has 7 nitrogen and oxygen atoms in total. The van der Waals surface area contributed by atoms with Gasteiger partial charge in [0.25, 0.3) is 0 Å². The molecule has 8 heteroatoms. The molecule has 0 atom stereocenters. The molecule has 2 rings (SSSR count). The lowest BCUT2D eigenvalue weighted by Gasteiger charge is -2.21. The minimum Gasteiger partial charge on any atom is -0.369 e. The molecule has 2 aromatic heterocycles. The average Bonchev–Trinajstić information content (AvgIpc) is 2.70. The Hall–Kier alpha value is -1.73. The summed E-state index contributed by atoms with van der Waals surface area (Å²) in [6, 6.07) is 0. The summed E-state index contributed by atoms with van der Waals surface area (Å²) in [6.45, 7) is 5.47. The van der Waals surface area contributed by atoms with Gasteiger partial charge in [0.05, 0.1) is 24.7 Å². The highest BCUT2D eigenvalue weighted by molar-refractivity contribution is 6.33. The molecule has 0 aliphatic heterocycles. The predicted octanol–water partition coefficient (Wildman–Crippen LogP) is 0.960. The van der Waals surface area contributed by atoms with Gasteiger partial charge in [-0.15, -0.1) is 0 Å². The molecular weight excluding hydrogens is 292 g/mol. The Morgan fingerprint density at radius 3 is 2.81 bits per heavy atom. The number of hydrogen-bond acceptors (Lipinski definition) is 5. The summed E-state index contributed by atoms with van der Waals surface area (Å²) in [5.41, 5.74) is 5.96. The Labute approximate surface area is 128 Å². The minimum atomic E-state index is -0.372. The van der Waals surface area contributed by atoms with Crippen LogP contribution >= 0.6 is 11.6 Å². The van der Waals surface area contributed by atoms with Gasteiger partial charge in [0, 0.05) is 13.6 Å². The van der Waals surface area contributed by atoms with Gasteiger partial charge in [-0.1, -0.05) is 25.4 Å². The molecule has 0 aromatic carbocycles. The van der Waals surface area contributed by atoms with E-state index in [-0.39, 0.29) is 12.5 Å². The van der Waals surface area contributed by atoms with E-state index < -0.39 is 0 Å². The highest BCUT2D eigenvalue weighted by Gasteiger charge is 2.15. The number of fused-ring (bicyclic) bond motifs is 1. The van der Waals surface area contributed by atoms with E-state index in [1.165, 1.54) is 0 Å². The van der Waals surface area contributed by atoms with E-state index in [2.05, 4.69) is 28.9 Å². The number of carbonyl (C=O) groups excluding carboxylic acids is 1. The first kappa shape index (κ1) is 15.7. The van der Waals surface area contributed by atoms with Gasteiger partial charge in [-0.2, -0.15) is 5.10 Å². The maximum absolute atomic E-state index is 11.2. The largest absolute Gasteiger partial charge is 0.369 e. The number of amides is 1. The highest BCUT2D eigenvalue weighted by Crippen LogP contribution is 2.19. The lowest BCUT2D eigenvalue weighted by atomic mass is 10.2. The SMILES string of the molecule is CC(C)CN(CC(N)=O)Cc1nc(Cl)c2cnn(C)c2n1. The van der Waals surface area contributed by atoms with Crippen LogP contribution in [0.4, 0.5) is 0 Å². The fraction of sp³-hybridized carbons (Fsp3) is 0.538. The molecule has 2 N–H and O–H groups in total. The molecule has 2 aromatic rings. The molecule has 0 fully saturated rings. The number of aromatic nitrogens is 4. The second-order valence-corrected chi connectivity index (χ2v) is 5.82. The summed E-state index contributed by atoms with van der Waals surface area (Å²) < 4.78 is 1.65. The fourth-order valence-corrected chi connectivity index (χ4v) is 2.45. The summed E-state index contributed by atoms with van der Waals surface area (Å²) in [6.07, 6.45) is 1.64. The van der Waals surface area contributed by atoms with E-state index in [9.17, 15) is 4.79 Å². The summed E-state index contributed by atoms with van der Waals surface area (Å²) in [7, 11) is 1.80. The monoisotopic (exact) mass is 310 g/mol. The Bertz CT molecular complexity index is 653. The van der Waals surface area contributed by atoms with Gasteiger partial charge in [-0.3, -0.25) is 14.4 Å². The van der Waals surface area contributed by atoms with Crippen molar-refractivity contribution >= 4 is 28.5 Å². The Kier molecular flexibility index (Phi) is 4.74. The van der Waals surface area contributed by atoms with Crippen LogP contribution in [0.2, 0.25) is 5.15 Å². The minimum absolute atomic E-state index is 0.169. The zero-order chi connectivity index (χ0) is 15.6. The van der Waals surface area contributed by atoms with Gasteiger partial charge in [0.1, 0.15) is 11.0 Å². The van der Waals surface area contributed by atoms with Gasteiger partial charge in [-0.25, -0.2) is 9.97 Å². The molecule has 1 amide bonds. The lowest BCUT2D eigenvalue weighted by molar-refractivity contribution is -0.119. The zero-order valence-electron chi connectivity index (χ0n) is 12.4. The topological polar surface area (TPSA) is 89.9 Å². The molecule has 0 saturated heterocycles. The van der Waals surface area contributed by atoms with E-state index in [1.807, 2.05) is 4.90 Å². The second kappa shape index (κ2) is 6.36. The Morgan fingerprint density at radius 1 is 1.48 bits per heavy atom. The van der Waals surface area contributed by atoms with Crippen molar-refractivity contribution in [1.82, 2.24) is 24.6 Å². The summed E-state index contributed by atoms with van der Waals surface area (Å²) in [4.78, 5) is 21.8. The van der Waals surface area contributed by atoms with E-state index in [0.29, 0.717) is 34.5 Å². The fourth-order valence-electron chi connectivity index (χ4n) is 2.22. The van der Waals surface area contributed by atoms with E-state index >= 15 is 0 Å². The van der Waals surface area contributed by atoms with Crippen LogP contribution in [0, 0.1) is 5.92 Å². The number of aryl methyl sites for hydroxylation is 1. The summed E-state index contributed by atoms with van der Waals surface area (Å²) in [5.74, 6) is 0.585. The van der Waals surface area contributed by atoms with Crippen molar-refractivity contribution in [3.05, 3.63) is 17.2 Å². The van der Waals surface area contributed by atoms with Crippen LogP contribution in [0.1, 0.15) is 19.7 Å². The lowest BCUT2D eigenvalue weighted by Crippen LogP contribution is -2.36. The predicted molar refractivity (Wildman–Crippen MR) is 80.6 cm³/mol. The zero-order valence-corrected chi connectivity index (χ0v) is 13.1. The van der Waals surface area contributed by atoms with E-state index in [0.717, 1.165) is 6.54 Å². The van der Waals surface area contributed by atoms with Crippen LogP contribution < -0.4 is 5.73 Å². The number of nitrogens with two attached hydrogens (primary N) is 1.